The largest absolute Gasteiger partial charge is 0.378 e. The summed E-state index contributed by atoms with van der Waals surface area (Å²) in [6, 6.07) is 7.78. The van der Waals surface area contributed by atoms with Crippen molar-refractivity contribution in [2.45, 2.75) is 12.6 Å². The normalized spacial score (nSPS) is 18.0. The zero-order valence-electron chi connectivity index (χ0n) is 12.7. The molecule has 21 heavy (non-hydrogen) atoms. The number of piperazine rings is 1. The Hall–Kier alpha value is -2.08. The van der Waals surface area contributed by atoms with Crippen molar-refractivity contribution in [3.63, 3.8) is 0 Å². The molecule has 114 valence electrons. The van der Waals surface area contributed by atoms with Gasteiger partial charge in [-0.15, -0.1) is 0 Å². The fourth-order valence-electron chi connectivity index (χ4n) is 2.26. The molecule has 2 N–H and O–H groups in total. The molecule has 0 saturated carbocycles. The highest BCUT2D eigenvalue weighted by molar-refractivity contribution is 5.86. The van der Waals surface area contributed by atoms with Gasteiger partial charge in [0.25, 0.3) is 0 Å². The first-order valence-corrected chi connectivity index (χ1v) is 6.98. The van der Waals surface area contributed by atoms with Crippen molar-refractivity contribution in [3.8, 4) is 0 Å². The minimum atomic E-state index is -0.339. The molecule has 1 heterocycles. The summed E-state index contributed by atoms with van der Waals surface area (Å²) in [5, 5.41) is 5.65. The first kappa shape index (κ1) is 15.3. The summed E-state index contributed by atoms with van der Waals surface area (Å²) < 4.78 is 0. The van der Waals surface area contributed by atoms with Gasteiger partial charge < -0.3 is 15.1 Å². The van der Waals surface area contributed by atoms with Gasteiger partial charge in [-0.1, -0.05) is 12.1 Å². The highest BCUT2D eigenvalue weighted by Crippen LogP contribution is 2.13. The van der Waals surface area contributed by atoms with E-state index in [-0.39, 0.29) is 24.4 Å². The third-order valence-electron chi connectivity index (χ3n) is 3.56. The molecule has 0 aromatic heterocycles. The standard InChI is InChI=1S/C15H22N4O2/c1-18(2)12-6-4-11(5-7-12)10-19(3)15(21)13-8-17-14(20)9-16-13/h4-7,13,16H,8-10H2,1-3H3,(H,17,20). The van der Waals surface area contributed by atoms with E-state index in [1.807, 2.05) is 43.3 Å². The summed E-state index contributed by atoms with van der Waals surface area (Å²) in [6.45, 7) is 1.10. The van der Waals surface area contributed by atoms with Crippen molar-refractivity contribution in [2.75, 3.05) is 39.1 Å². The Morgan fingerprint density at radius 2 is 1.90 bits per heavy atom. The van der Waals surface area contributed by atoms with Crippen molar-refractivity contribution >= 4 is 17.5 Å². The summed E-state index contributed by atoms with van der Waals surface area (Å²) in [5.74, 6) is -0.0762. The van der Waals surface area contributed by atoms with E-state index in [2.05, 4.69) is 10.6 Å². The second kappa shape index (κ2) is 6.58. The maximum absolute atomic E-state index is 12.3. The van der Waals surface area contributed by atoms with Crippen LogP contribution in [0.5, 0.6) is 0 Å². The van der Waals surface area contributed by atoms with E-state index >= 15 is 0 Å². The SMILES string of the molecule is CN(Cc1ccc(N(C)C)cc1)C(=O)C1CNC(=O)CN1. The summed E-state index contributed by atoms with van der Waals surface area (Å²) >= 11 is 0. The number of benzene rings is 1. The van der Waals surface area contributed by atoms with E-state index in [0.717, 1.165) is 11.3 Å². The number of anilines is 1. The zero-order chi connectivity index (χ0) is 15.4. The molecule has 2 rings (SSSR count). The van der Waals surface area contributed by atoms with Crippen LogP contribution in [0.1, 0.15) is 5.56 Å². The van der Waals surface area contributed by atoms with Gasteiger partial charge in [0.05, 0.1) is 6.54 Å². The van der Waals surface area contributed by atoms with Crippen molar-refractivity contribution < 1.29 is 9.59 Å². The van der Waals surface area contributed by atoms with Crippen LogP contribution in [0.2, 0.25) is 0 Å². The minimum absolute atomic E-state index is 0.00770. The summed E-state index contributed by atoms with van der Waals surface area (Å²) in [4.78, 5) is 27.1. The van der Waals surface area contributed by atoms with E-state index in [0.29, 0.717) is 13.1 Å². The monoisotopic (exact) mass is 290 g/mol. The van der Waals surface area contributed by atoms with Gasteiger partial charge in [0, 0.05) is 39.9 Å². The number of nitrogens with zero attached hydrogens (tertiary/aromatic N) is 2. The lowest BCUT2D eigenvalue weighted by Crippen LogP contribution is -2.58. The Bertz CT molecular complexity index is 503. The number of hydrogen-bond acceptors (Lipinski definition) is 4. The maximum atomic E-state index is 12.3. The van der Waals surface area contributed by atoms with Crippen LogP contribution in [-0.4, -0.2) is 57.0 Å². The first-order valence-electron chi connectivity index (χ1n) is 6.98. The van der Waals surface area contributed by atoms with Crippen molar-refractivity contribution in [3.05, 3.63) is 29.8 Å². The molecule has 6 heteroatoms. The predicted octanol–water partition coefficient (Wildman–Crippen LogP) is -0.201. The minimum Gasteiger partial charge on any atom is -0.378 e. The van der Waals surface area contributed by atoms with Gasteiger partial charge in [0.1, 0.15) is 6.04 Å². The van der Waals surface area contributed by atoms with Crippen LogP contribution >= 0.6 is 0 Å². The number of rotatable bonds is 4. The smallest absolute Gasteiger partial charge is 0.241 e. The van der Waals surface area contributed by atoms with Crippen LogP contribution in [-0.2, 0) is 16.1 Å². The third kappa shape index (κ3) is 3.95. The summed E-state index contributed by atoms with van der Waals surface area (Å²) in [7, 11) is 5.77. The van der Waals surface area contributed by atoms with Crippen LogP contribution in [0.3, 0.4) is 0 Å². The van der Waals surface area contributed by atoms with Gasteiger partial charge in [-0.05, 0) is 17.7 Å². The fourth-order valence-corrected chi connectivity index (χ4v) is 2.26. The van der Waals surface area contributed by atoms with Gasteiger partial charge >= 0.3 is 0 Å². The van der Waals surface area contributed by atoms with Crippen LogP contribution in [0.25, 0.3) is 0 Å². The van der Waals surface area contributed by atoms with Crippen LogP contribution in [0.15, 0.2) is 24.3 Å². The molecule has 1 aromatic rings. The molecule has 6 nitrogen and oxygen atoms in total. The summed E-state index contributed by atoms with van der Waals surface area (Å²) in [6.07, 6.45) is 0. The molecule has 0 aliphatic carbocycles. The molecule has 0 spiro atoms. The van der Waals surface area contributed by atoms with Crippen molar-refractivity contribution in [2.24, 2.45) is 0 Å². The summed E-state index contributed by atoms with van der Waals surface area (Å²) in [5.41, 5.74) is 2.21. The Labute approximate surface area is 125 Å². The Kier molecular flexibility index (Phi) is 4.80. The number of carbonyl (C=O) groups is 2. The molecule has 1 aliphatic heterocycles. The molecule has 1 saturated heterocycles. The number of likely N-dealkylation sites (N-methyl/N-ethyl adjacent to an activating group) is 1. The number of carbonyl (C=O) groups excluding carboxylic acids is 2. The Morgan fingerprint density at radius 1 is 1.24 bits per heavy atom. The molecule has 1 aromatic carbocycles. The lowest BCUT2D eigenvalue weighted by Gasteiger charge is -2.27. The molecule has 1 atom stereocenters. The molecule has 0 radical (unpaired) electrons. The van der Waals surface area contributed by atoms with Gasteiger partial charge in [-0.2, -0.15) is 0 Å². The first-order chi connectivity index (χ1) is 9.97. The van der Waals surface area contributed by atoms with E-state index in [9.17, 15) is 9.59 Å². The topological polar surface area (TPSA) is 64.7 Å². The molecule has 1 unspecified atom stereocenters. The van der Waals surface area contributed by atoms with Gasteiger partial charge in [-0.3, -0.25) is 14.9 Å². The average Bonchev–Trinajstić information content (AvgIpc) is 2.47. The predicted molar refractivity (Wildman–Crippen MR) is 82.0 cm³/mol. The van der Waals surface area contributed by atoms with Crippen molar-refractivity contribution in [1.29, 1.82) is 0 Å². The van der Waals surface area contributed by atoms with Crippen LogP contribution < -0.4 is 15.5 Å². The fraction of sp³-hybridized carbons (Fsp3) is 0.467. The second-order valence-electron chi connectivity index (χ2n) is 5.49. The molecule has 2 amide bonds. The van der Waals surface area contributed by atoms with E-state index in [4.69, 9.17) is 0 Å². The van der Waals surface area contributed by atoms with Gasteiger partial charge in [0.2, 0.25) is 11.8 Å². The molecular weight excluding hydrogens is 268 g/mol. The van der Waals surface area contributed by atoms with E-state index < -0.39 is 0 Å². The van der Waals surface area contributed by atoms with Crippen LogP contribution in [0.4, 0.5) is 5.69 Å². The van der Waals surface area contributed by atoms with Crippen LogP contribution in [0, 0.1) is 0 Å². The zero-order valence-corrected chi connectivity index (χ0v) is 12.7. The number of hydrogen-bond donors (Lipinski definition) is 2. The average molecular weight is 290 g/mol. The highest BCUT2D eigenvalue weighted by Gasteiger charge is 2.26. The molecular formula is C15H22N4O2. The van der Waals surface area contributed by atoms with Crippen molar-refractivity contribution in [1.82, 2.24) is 15.5 Å². The molecule has 1 aliphatic rings. The number of nitrogens with one attached hydrogen (secondary N) is 2. The lowest BCUT2D eigenvalue weighted by molar-refractivity contribution is -0.134. The highest BCUT2D eigenvalue weighted by atomic mass is 16.2. The van der Waals surface area contributed by atoms with E-state index in [1.165, 1.54) is 0 Å². The van der Waals surface area contributed by atoms with Gasteiger partial charge in [-0.25, -0.2) is 0 Å². The third-order valence-corrected chi connectivity index (χ3v) is 3.56. The Morgan fingerprint density at radius 3 is 2.43 bits per heavy atom. The maximum Gasteiger partial charge on any atom is 0.241 e. The molecule has 1 fully saturated rings. The number of amides is 2. The van der Waals surface area contributed by atoms with Gasteiger partial charge in [0.15, 0.2) is 0 Å². The molecule has 0 bridgehead atoms. The quantitative estimate of drug-likeness (QED) is 0.806. The Balaban J connectivity index is 1.92. The lowest BCUT2D eigenvalue weighted by atomic mass is 10.1. The van der Waals surface area contributed by atoms with E-state index in [1.54, 1.807) is 11.9 Å². The second-order valence-corrected chi connectivity index (χ2v) is 5.49.